The molecule has 0 bridgehead atoms. The maximum absolute atomic E-state index is 12.6. The van der Waals surface area contributed by atoms with Gasteiger partial charge in [0.15, 0.2) is 18.1 Å². The highest BCUT2D eigenvalue weighted by Crippen LogP contribution is 2.29. The summed E-state index contributed by atoms with van der Waals surface area (Å²) in [6.45, 7) is 1.48. The van der Waals surface area contributed by atoms with E-state index in [1.807, 2.05) is 0 Å². The van der Waals surface area contributed by atoms with Gasteiger partial charge in [-0.05, 0) is 42.8 Å². The Morgan fingerprint density at radius 2 is 1.75 bits per heavy atom. The van der Waals surface area contributed by atoms with E-state index < -0.39 is 5.97 Å². The van der Waals surface area contributed by atoms with Gasteiger partial charge in [0.2, 0.25) is 0 Å². The molecule has 148 valence electrons. The first kappa shape index (κ1) is 20.8. The van der Waals surface area contributed by atoms with E-state index in [1.54, 1.807) is 38.2 Å². The molecule has 2 aromatic carbocycles. The molecule has 0 radical (unpaired) electrons. The fraction of sp³-hybridized carbons (Fsp3) is 0.250. The minimum absolute atomic E-state index is 0.234. The Labute approximate surface area is 162 Å². The Bertz CT molecular complexity index is 894. The fourth-order valence-corrected chi connectivity index (χ4v) is 2.47. The van der Waals surface area contributed by atoms with Crippen molar-refractivity contribution in [3.63, 3.8) is 0 Å². The number of hydrogen-bond acceptors (Lipinski definition) is 6. The number of ether oxygens (including phenoxy) is 3. The van der Waals surface area contributed by atoms with Crippen LogP contribution in [0.1, 0.15) is 26.3 Å². The third kappa shape index (κ3) is 4.79. The normalized spacial score (nSPS) is 10.0. The summed E-state index contributed by atoms with van der Waals surface area (Å²) in [6.07, 6.45) is 0. The Hall–Kier alpha value is -3.55. The number of rotatable bonds is 7. The fourth-order valence-electron chi connectivity index (χ4n) is 2.47. The average molecular weight is 386 g/mol. The zero-order valence-corrected chi connectivity index (χ0v) is 16.1. The molecular formula is C20H22N2O6. The first-order valence-corrected chi connectivity index (χ1v) is 8.42. The zero-order valence-electron chi connectivity index (χ0n) is 16.1. The van der Waals surface area contributed by atoms with Gasteiger partial charge in [0.25, 0.3) is 11.8 Å². The van der Waals surface area contributed by atoms with Crippen molar-refractivity contribution >= 4 is 23.5 Å². The van der Waals surface area contributed by atoms with Crippen LogP contribution in [0.15, 0.2) is 36.4 Å². The van der Waals surface area contributed by atoms with E-state index in [0.29, 0.717) is 33.9 Å². The largest absolute Gasteiger partial charge is 0.493 e. The second kappa shape index (κ2) is 9.40. The summed E-state index contributed by atoms with van der Waals surface area (Å²) in [6, 6.07) is 9.66. The molecule has 2 aromatic rings. The predicted molar refractivity (Wildman–Crippen MR) is 103 cm³/mol. The first-order valence-electron chi connectivity index (χ1n) is 8.42. The Morgan fingerprint density at radius 3 is 2.39 bits per heavy atom. The van der Waals surface area contributed by atoms with Crippen LogP contribution in [0, 0.1) is 6.92 Å². The smallest absolute Gasteiger partial charge is 0.343 e. The van der Waals surface area contributed by atoms with Crippen LogP contribution in [-0.2, 0) is 9.53 Å². The lowest BCUT2D eigenvalue weighted by Gasteiger charge is -2.13. The van der Waals surface area contributed by atoms with Gasteiger partial charge in [0, 0.05) is 23.9 Å². The number of benzene rings is 2. The van der Waals surface area contributed by atoms with Gasteiger partial charge >= 0.3 is 5.97 Å². The van der Waals surface area contributed by atoms with Crippen molar-refractivity contribution in [3.8, 4) is 11.5 Å². The quantitative estimate of drug-likeness (QED) is 0.707. The standard InChI is InChI=1S/C20H22N2O6/c1-12-14(20(25)21-2)6-5-7-15(12)22-19(24)13-8-9-16(17(10-13)26-3)28-11-18(23)27-4/h5-10H,11H2,1-4H3,(H,21,25)(H,22,24). The highest BCUT2D eigenvalue weighted by Gasteiger charge is 2.15. The molecule has 0 aliphatic heterocycles. The number of hydrogen-bond donors (Lipinski definition) is 2. The van der Waals surface area contributed by atoms with Crippen LogP contribution in [-0.4, -0.2) is 45.7 Å². The minimum Gasteiger partial charge on any atom is -0.493 e. The summed E-state index contributed by atoms with van der Waals surface area (Å²) >= 11 is 0. The van der Waals surface area contributed by atoms with Gasteiger partial charge in [0.1, 0.15) is 0 Å². The van der Waals surface area contributed by atoms with E-state index in [-0.39, 0.29) is 18.4 Å². The summed E-state index contributed by atoms with van der Waals surface area (Å²) in [5.41, 5.74) is 1.98. The number of methoxy groups -OCH3 is 2. The van der Waals surface area contributed by atoms with Crippen LogP contribution in [0.2, 0.25) is 0 Å². The molecule has 28 heavy (non-hydrogen) atoms. The average Bonchev–Trinajstić information content (AvgIpc) is 2.72. The molecule has 0 atom stereocenters. The summed E-state index contributed by atoms with van der Waals surface area (Å²) in [7, 11) is 4.24. The van der Waals surface area contributed by atoms with E-state index in [0.717, 1.165) is 0 Å². The topological polar surface area (TPSA) is 103 Å². The van der Waals surface area contributed by atoms with Gasteiger partial charge in [-0.2, -0.15) is 0 Å². The van der Waals surface area contributed by atoms with E-state index in [9.17, 15) is 14.4 Å². The maximum atomic E-state index is 12.6. The molecule has 0 unspecified atom stereocenters. The molecule has 0 heterocycles. The SMILES string of the molecule is CNC(=O)c1cccc(NC(=O)c2ccc(OCC(=O)OC)c(OC)c2)c1C. The zero-order chi connectivity index (χ0) is 20.7. The summed E-state index contributed by atoms with van der Waals surface area (Å²) < 4.78 is 15.1. The van der Waals surface area contributed by atoms with Crippen LogP contribution in [0.5, 0.6) is 11.5 Å². The number of esters is 1. The van der Waals surface area contributed by atoms with Gasteiger partial charge in [-0.15, -0.1) is 0 Å². The number of amides is 2. The lowest BCUT2D eigenvalue weighted by Crippen LogP contribution is -2.20. The van der Waals surface area contributed by atoms with Crippen LogP contribution < -0.4 is 20.1 Å². The predicted octanol–water partition coefficient (Wildman–Crippen LogP) is 2.17. The van der Waals surface area contributed by atoms with Gasteiger partial charge < -0.3 is 24.8 Å². The second-order valence-corrected chi connectivity index (χ2v) is 5.74. The van der Waals surface area contributed by atoms with Gasteiger partial charge in [-0.3, -0.25) is 9.59 Å². The van der Waals surface area contributed by atoms with Crippen LogP contribution in [0.4, 0.5) is 5.69 Å². The van der Waals surface area contributed by atoms with Crippen molar-refractivity contribution < 1.29 is 28.6 Å². The first-order chi connectivity index (χ1) is 13.4. The lowest BCUT2D eigenvalue weighted by atomic mass is 10.1. The maximum Gasteiger partial charge on any atom is 0.343 e. The molecule has 0 saturated heterocycles. The lowest BCUT2D eigenvalue weighted by molar-refractivity contribution is -0.142. The summed E-state index contributed by atoms with van der Waals surface area (Å²) in [5.74, 6) is -0.540. The summed E-state index contributed by atoms with van der Waals surface area (Å²) in [4.78, 5) is 35.7. The summed E-state index contributed by atoms with van der Waals surface area (Å²) in [5, 5.41) is 5.35. The van der Waals surface area contributed by atoms with E-state index in [2.05, 4.69) is 15.4 Å². The Balaban J connectivity index is 2.21. The molecule has 0 aliphatic carbocycles. The number of anilines is 1. The Morgan fingerprint density at radius 1 is 1.00 bits per heavy atom. The van der Waals surface area contributed by atoms with Crippen molar-refractivity contribution in [1.29, 1.82) is 0 Å². The van der Waals surface area contributed by atoms with Crippen molar-refractivity contribution in [3.05, 3.63) is 53.1 Å². The van der Waals surface area contributed by atoms with Crippen molar-refractivity contribution in [2.24, 2.45) is 0 Å². The third-order valence-electron chi connectivity index (χ3n) is 4.05. The highest BCUT2D eigenvalue weighted by atomic mass is 16.6. The molecule has 0 saturated carbocycles. The molecular weight excluding hydrogens is 364 g/mol. The highest BCUT2D eigenvalue weighted by molar-refractivity contribution is 6.06. The van der Waals surface area contributed by atoms with Crippen molar-refractivity contribution in [2.45, 2.75) is 6.92 Å². The molecule has 8 heteroatoms. The number of carbonyl (C=O) groups excluding carboxylic acids is 3. The molecule has 0 aromatic heterocycles. The van der Waals surface area contributed by atoms with Crippen molar-refractivity contribution in [2.75, 3.05) is 33.2 Å². The van der Waals surface area contributed by atoms with E-state index in [4.69, 9.17) is 9.47 Å². The molecule has 0 fully saturated rings. The van der Waals surface area contributed by atoms with E-state index >= 15 is 0 Å². The molecule has 2 amide bonds. The van der Waals surface area contributed by atoms with Gasteiger partial charge in [-0.25, -0.2) is 4.79 Å². The number of carbonyl (C=O) groups is 3. The number of nitrogens with one attached hydrogen (secondary N) is 2. The minimum atomic E-state index is -0.532. The Kier molecular flexibility index (Phi) is 6.97. The van der Waals surface area contributed by atoms with Crippen molar-refractivity contribution in [1.82, 2.24) is 5.32 Å². The van der Waals surface area contributed by atoms with Gasteiger partial charge in [-0.1, -0.05) is 6.07 Å². The molecule has 0 spiro atoms. The van der Waals surface area contributed by atoms with E-state index in [1.165, 1.54) is 26.4 Å². The third-order valence-corrected chi connectivity index (χ3v) is 4.05. The monoisotopic (exact) mass is 386 g/mol. The molecule has 2 rings (SSSR count). The molecule has 0 aliphatic rings. The van der Waals surface area contributed by atoms with Crippen LogP contribution in [0.3, 0.4) is 0 Å². The van der Waals surface area contributed by atoms with Gasteiger partial charge in [0.05, 0.1) is 14.2 Å². The molecule has 8 nitrogen and oxygen atoms in total. The van der Waals surface area contributed by atoms with Crippen LogP contribution in [0.25, 0.3) is 0 Å². The molecule has 2 N–H and O–H groups in total. The van der Waals surface area contributed by atoms with Crippen LogP contribution >= 0.6 is 0 Å². The second-order valence-electron chi connectivity index (χ2n) is 5.74.